The summed E-state index contributed by atoms with van der Waals surface area (Å²) in [4.78, 5) is 7.49. The minimum atomic E-state index is 0. The lowest BCUT2D eigenvalue weighted by Crippen LogP contribution is -2.48. The maximum absolute atomic E-state index is 4.92. The summed E-state index contributed by atoms with van der Waals surface area (Å²) in [6.07, 6.45) is 7.59. The first kappa shape index (κ1) is 25.9. The molecule has 1 aromatic carbocycles. The minimum Gasteiger partial charge on any atom is -0.356 e. The average molecular weight is 566 g/mol. The number of hydrogen-bond acceptors (Lipinski definition) is 4. The number of guanidine groups is 1. The Kier molecular flexibility index (Phi) is 9.55. The van der Waals surface area contributed by atoms with Crippen LogP contribution in [0.15, 0.2) is 35.3 Å². The number of hydrogen-bond donors (Lipinski definition) is 2. The van der Waals surface area contributed by atoms with Crippen LogP contribution in [0.3, 0.4) is 0 Å². The van der Waals surface area contributed by atoms with E-state index in [1.807, 2.05) is 18.5 Å². The Bertz CT molecular complexity index is 889. The fourth-order valence-electron chi connectivity index (χ4n) is 5.33. The van der Waals surface area contributed by atoms with Crippen LogP contribution < -0.4 is 10.6 Å². The lowest BCUT2D eigenvalue weighted by atomic mass is 9.79. The molecule has 0 bridgehead atoms. The van der Waals surface area contributed by atoms with Gasteiger partial charge in [-0.15, -0.1) is 34.2 Å². The van der Waals surface area contributed by atoms with Gasteiger partial charge in [-0.25, -0.2) is 4.99 Å². The number of aliphatic imine (C=N–C) groups is 1. The normalized spacial score (nSPS) is 20.6. The molecule has 1 aliphatic heterocycles. The van der Waals surface area contributed by atoms with Gasteiger partial charge < -0.3 is 15.2 Å². The molecule has 33 heavy (non-hydrogen) atoms. The molecule has 7 nitrogen and oxygen atoms in total. The number of nitrogens with zero attached hydrogens (tertiary/aromatic N) is 5. The van der Waals surface area contributed by atoms with Crippen molar-refractivity contribution in [2.75, 3.05) is 26.2 Å². The highest BCUT2D eigenvalue weighted by Crippen LogP contribution is 2.40. The van der Waals surface area contributed by atoms with E-state index >= 15 is 0 Å². The van der Waals surface area contributed by atoms with Gasteiger partial charge >= 0.3 is 0 Å². The lowest BCUT2D eigenvalue weighted by molar-refractivity contribution is 0.266. The van der Waals surface area contributed by atoms with Gasteiger partial charge in [0.05, 0.1) is 0 Å². The van der Waals surface area contributed by atoms with Crippen molar-refractivity contribution in [3.63, 3.8) is 0 Å². The quantitative estimate of drug-likeness (QED) is 0.290. The fourth-order valence-corrected chi connectivity index (χ4v) is 5.33. The first-order chi connectivity index (χ1) is 15.6. The van der Waals surface area contributed by atoms with E-state index in [2.05, 4.69) is 63.0 Å². The number of aromatic nitrogens is 3. The SMILES string of the molecule is CCN1CCCC1CNC(=NCc1nnc(C)n1C)NCC1(c2ccccc2)CCCC1.I. The zero-order valence-electron chi connectivity index (χ0n) is 20.4. The van der Waals surface area contributed by atoms with E-state index < -0.39 is 0 Å². The molecule has 1 aliphatic carbocycles. The Morgan fingerprint density at radius 1 is 1.12 bits per heavy atom. The average Bonchev–Trinajstić information content (AvgIpc) is 3.56. The highest BCUT2D eigenvalue weighted by atomic mass is 127. The van der Waals surface area contributed by atoms with Crippen molar-refractivity contribution < 1.29 is 0 Å². The second kappa shape index (κ2) is 12.1. The summed E-state index contributed by atoms with van der Waals surface area (Å²) in [5, 5.41) is 15.8. The highest BCUT2D eigenvalue weighted by molar-refractivity contribution is 14.0. The summed E-state index contributed by atoms with van der Waals surface area (Å²) in [5.41, 5.74) is 1.63. The van der Waals surface area contributed by atoms with Crippen LogP contribution >= 0.6 is 24.0 Å². The standard InChI is InChI=1S/C25H39N7.HI/c1-4-32-16-10-13-22(32)17-26-24(27-18-23-30-29-20(2)31(23)3)28-19-25(14-8-9-15-25)21-11-6-5-7-12-21;/h5-7,11-12,22H,4,8-10,13-19H2,1-3H3,(H2,26,27,28);1H. The Hall–Kier alpha value is -1.68. The Balaban J connectivity index is 0.00000306. The number of likely N-dealkylation sites (tertiary alicyclic amines) is 1. The molecular weight excluding hydrogens is 525 g/mol. The number of benzene rings is 1. The van der Waals surface area contributed by atoms with E-state index in [1.54, 1.807) is 0 Å². The lowest BCUT2D eigenvalue weighted by Gasteiger charge is -2.31. The van der Waals surface area contributed by atoms with Crippen molar-refractivity contribution in [1.82, 2.24) is 30.3 Å². The molecule has 2 N–H and O–H groups in total. The molecule has 2 heterocycles. The Morgan fingerprint density at radius 3 is 2.55 bits per heavy atom. The number of likely N-dealkylation sites (N-methyl/N-ethyl adjacent to an activating group) is 1. The van der Waals surface area contributed by atoms with Gasteiger partial charge in [0, 0.05) is 31.6 Å². The molecule has 8 heteroatoms. The molecule has 0 spiro atoms. The molecule has 1 saturated carbocycles. The third kappa shape index (κ3) is 6.26. The fraction of sp³-hybridized carbons (Fsp3) is 0.640. The van der Waals surface area contributed by atoms with Crippen molar-refractivity contribution >= 4 is 29.9 Å². The maximum atomic E-state index is 4.92. The van der Waals surface area contributed by atoms with Crippen LogP contribution in [0, 0.1) is 6.92 Å². The summed E-state index contributed by atoms with van der Waals surface area (Å²) in [6, 6.07) is 11.6. The predicted octanol–water partition coefficient (Wildman–Crippen LogP) is 3.77. The second-order valence-corrected chi connectivity index (χ2v) is 9.40. The molecule has 2 fully saturated rings. The number of rotatable bonds is 8. The molecule has 1 atom stereocenters. The molecule has 1 saturated heterocycles. The third-order valence-electron chi connectivity index (χ3n) is 7.51. The van der Waals surface area contributed by atoms with Gasteiger partial charge in [0.2, 0.25) is 0 Å². The molecule has 0 amide bonds. The van der Waals surface area contributed by atoms with E-state index in [-0.39, 0.29) is 29.4 Å². The second-order valence-electron chi connectivity index (χ2n) is 9.40. The van der Waals surface area contributed by atoms with Crippen LogP contribution in [0.4, 0.5) is 0 Å². The zero-order chi connectivity index (χ0) is 22.4. The first-order valence-electron chi connectivity index (χ1n) is 12.3. The number of halogens is 1. The molecule has 2 aromatic rings. The van der Waals surface area contributed by atoms with E-state index in [0.29, 0.717) is 12.6 Å². The monoisotopic (exact) mass is 565 g/mol. The van der Waals surface area contributed by atoms with Gasteiger partial charge in [-0.3, -0.25) is 4.90 Å². The van der Waals surface area contributed by atoms with Crippen molar-refractivity contribution in [2.24, 2.45) is 12.0 Å². The van der Waals surface area contributed by atoms with E-state index in [9.17, 15) is 0 Å². The largest absolute Gasteiger partial charge is 0.356 e. The summed E-state index contributed by atoms with van der Waals surface area (Å²) in [6.45, 7) is 8.90. The van der Waals surface area contributed by atoms with E-state index in [1.165, 1.54) is 50.6 Å². The summed E-state index contributed by atoms with van der Waals surface area (Å²) in [7, 11) is 2.00. The highest BCUT2D eigenvalue weighted by Gasteiger charge is 2.35. The molecule has 2 aliphatic rings. The van der Waals surface area contributed by atoms with Crippen LogP contribution in [-0.2, 0) is 19.0 Å². The molecule has 182 valence electrons. The van der Waals surface area contributed by atoms with Gasteiger partial charge in [0.15, 0.2) is 11.8 Å². The topological polar surface area (TPSA) is 70.4 Å². The van der Waals surface area contributed by atoms with Crippen molar-refractivity contribution in [3.8, 4) is 0 Å². The summed E-state index contributed by atoms with van der Waals surface area (Å²) in [5.74, 6) is 2.69. The first-order valence-corrected chi connectivity index (χ1v) is 12.3. The van der Waals surface area contributed by atoms with Crippen molar-refractivity contribution in [1.29, 1.82) is 0 Å². The van der Waals surface area contributed by atoms with Crippen LogP contribution in [0.5, 0.6) is 0 Å². The summed E-state index contributed by atoms with van der Waals surface area (Å²) < 4.78 is 2.01. The minimum absolute atomic E-state index is 0. The van der Waals surface area contributed by atoms with Crippen molar-refractivity contribution in [3.05, 3.63) is 47.5 Å². The van der Waals surface area contributed by atoms with E-state index in [4.69, 9.17) is 4.99 Å². The third-order valence-corrected chi connectivity index (χ3v) is 7.51. The van der Waals surface area contributed by atoms with Crippen molar-refractivity contribution in [2.45, 2.75) is 70.4 Å². The molecule has 1 unspecified atom stereocenters. The molecule has 4 rings (SSSR count). The van der Waals surface area contributed by atoms with E-state index in [0.717, 1.165) is 37.2 Å². The number of nitrogens with one attached hydrogen (secondary N) is 2. The Labute approximate surface area is 215 Å². The molecule has 1 aromatic heterocycles. The van der Waals surface area contributed by atoms with Crippen LogP contribution in [0.25, 0.3) is 0 Å². The van der Waals surface area contributed by atoms with Crippen LogP contribution in [0.2, 0.25) is 0 Å². The van der Waals surface area contributed by atoms with Gasteiger partial charge in [0.25, 0.3) is 0 Å². The molecular formula is C25H40IN7. The smallest absolute Gasteiger partial charge is 0.191 e. The van der Waals surface area contributed by atoms with Gasteiger partial charge in [-0.2, -0.15) is 0 Å². The van der Waals surface area contributed by atoms with Crippen LogP contribution in [-0.4, -0.2) is 57.8 Å². The molecule has 0 radical (unpaired) electrons. The number of aryl methyl sites for hydroxylation is 1. The predicted molar refractivity (Wildman–Crippen MR) is 145 cm³/mol. The van der Waals surface area contributed by atoms with Gasteiger partial charge in [-0.05, 0) is 51.3 Å². The maximum Gasteiger partial charge on any atom is 0.191 e. The summed E-state index contributed by atoms with van der Waals surface area (Å²) >= 11 is 0. The van der Waals surface area contributed by atoms with Gasteiger partial charge in [-0.1, -0.05) is 50.1 Å². The van der Waals surface area contributed by atoms with Gasteiger partial charge in [0.1, 0.15) is 12.4 Å². The Morgan fingerprint density at radius 2 is 1.88 bits per heavy atom. The van der Waals surface area contributed by atoms with Crippen LogP contribution in [0.1, 0.15) is 62.7 Å². The zero-order valence-corrected chi connectivity index (χ0v) is 22.7.